The van der Waals surface area contributed by atoms with Gasteiger partial charge < -0.3 is 16.4 Å². The van der Waals surface area contributed by atoms with Gasteiger partial charge >= 0.3 is 6.03 Å². The third kappa shape index (κ3) is 7.01. The molecular weight excluding hydrogens is 482 g/mol. The van der Waals surface area contributed by atoms with Crippen LogP contribution in [0, 0.1) is 5.82 Å². The number of aromatic nitrogens is 2. The number of carbonyl (C=O) groups excluding carboxylic acids is 1. The molecule has 11 heteroatoms. The maximum Gasteiger partial charge on any atom is 0.321 e. The largest absolute Gasteiger partial charge is 0.337 e. The fourth-order valence-corrected chi connectivity index (χ4v) is 3.78. The molecule has 6 N–H and O–H groups in total. The Labute approximate surface area is 206 Å². The van der Waals surface area contributed by atoms with Crippen molar-refractivity contribution < 1.29 is 9.18 Å². The summed E-state index contributed by atoms with van der Waals surface area (Å²) < 4.78 is 14.4. The molecule has 0 aliphatic heterocycles. The van der Waals surface area contributed by atoms with E-state index in [-0.39, 0.29) is 18.1 Å². The Morgan fingerprint density at radius 3 is 2.59 bits per heavy atom. The van der Waals surface area contributed by atoms with Crippen LogP contribution >= 0.6 is 23.2 Å². The summed E-state index contributed by atoms with van der Waals surface area (Å²) in [6.07, 6.45) is 2.51. The molecule has 3 aromatic rings. The Morgan fingerprint density at radius 1 is 1.15 bits per heavy atom. The van der Waals surface area contributed by atoms with E-state index in [1.54, 1.807) is 30.3 Å². The van der Waals surface area contributed by atoms with Gasteiger partial charge in [0, 0.05) is 34.9 Å². The van der Waals surface area contributed by atoms with Crippen LogP contribution in [0.2, 0.25) is 10.0 Å². The molecule has 1 heterocycles. The Hall–Kier alpha value is -2.98. The number of hydrogen-bond acceptors (Lipinski definition) is 5. The first-order valence-corrected chi connectivity index (χ1v) is 11.4. The Balaban J connectivity index is 1.57. The number of urea groups is 1. The molecular formula is C23H25Cl2FN6O2. The minimum Gasteiger partial charge on any atom is -0.337 e. The molecule has 3 rings (SSSR count). The average molecular weight is 507 g/mol. The van der Waals surface area contributed by atoms with Gasteiger partial charge in [-0.3, -0.25) is 15.1 Å². The van der Waals surface area contributed by atoms with E-state index in [0.717, 1.165) is 12.0 Å². The number of nitrogens with one attached hydrogen (secondary N) is 4. The molecule has 0 saturated carbocycles. The third-order valence-corrected chi connectivity index (χ3v) is 5.70. The number of halogens is 3. The second-order valence-corrected chi connectivity index (χ2v) is 8.25. The van der Waals surface area contributed by atoms with Crippen LogP contribution in [0.1, 0.15) is 17.5 Å². The van der Waals surface area contributed by atoms with E-state index in [4.69, 9.17) is 28.9 Å². The number of rotatable bonds is 10. The maximum absolute atomic E-state index is 14.4. The van der Waals surface area contributed by atoms with Crippen molar-refractivity contribution in [3.05, 3.63) is 79.9 Å². The normalized spacial score (nSPS) is 10.8. The molecule has 2 aromatic carbocycles. The summed E-state index contributed by atoms with van der Waals surface area (Å²) in [6.45, 7) is 1.89. The molecule has 2 amide bonds. The molecule has 180 valence electrons. The van der Waals surface area contributed by atoms with Crippen molar-refractivity contribution in [3.63, 3.8) is 0 Å². The van der Waals surface area contributed by atoms with Gasteiger partial charge in [-0.15, -0.1) is 0 Å². The number of amides is 2. The zero-order valence-corrected chi connectivity index (χ0v) is 19.8. The second kappa shape index (κ2) is 12.5. The summed E-state index contributed by atoms with van der Waals surface area (Å²) in [5.74, 6) is -0.472. The van der Waals surface area contributed by atoms with Crippen molar-refractivity contribution in [1.29, 1.82) is 0 Å². The molecule has 34 heavy (non-hydrogen) atoms. The van der Waals surface area contributed by atoms with Gasteiger partial charge in [0.2, 0.25) is 5.95 Å². The Morgan fingerprint density at radius 2 is 1.91 bits per heavy atom. The Kier molecular flexibility index (Phi) is 9.41. The molecule has 0 saturated heterocycles. The summed E-state index contributed by atoms with van der Waals surface area (Å²) in [7, 11) is 0. The molecule has 8 nitrogen and oxygen atoms in total. The lowest BCUT2D eigenvalue weighted by Crippen LogP contribution is -2.32. The molecule has 0 spiro atoms. The minimum atomic E-state index is -0.559. The molecule has 0 aliphatic rings. The topological polar surface area (TPSA) is 125 Å². The monoisotopic (exact) mass is 506 g/mol. The lowest BCUT2D eigenvalue weighted by Gasteiger charge is -2.10. The number of hydrogen-bond donors (Lipinski definition) is 5. The van der Waals surface area contributed by atoms with Crippen molar-refractivity contribution in [1.82, 2.24) is 20.6 Å². The van der Waals surface area contributed by atoms with E-state index >= 15 is 0 Å². The second-order valence-electron chi connectivity index (χ2n) is 7.43. The van der Waals surface area contributed by atoms with Gasteiger partial charge in [-0.25, -0.2) is 14.2 Å². The van der Waals surface area contributed by atoms with E-state index in [1.807, 2.05) is 0 Å². The maximum atomic E-state index is 14.4. The minimum absolute atomic E-state index is 0.0387. The van der Waals surface area contributed by atoms with Gasteiger partial charge in [-0.1, -0.05) is 41.4 Å². The van der Waals surface area contributed by atoms with Crippen molar-refractivity contribution in [2.24, 2.45) is 5.73 Å². The number of aromatic amines is 1. The Bertz CT molecular complexity index is 1180. The van der Waals surface area contributed by atoms with Gasteiger partial charge in [0.05, 0.1) is 5.56 Å². The average Bonchev–Trinajstić information content (AvgIpc) is 2.80. The van der Waals surface area contributed by atoms with E-state index in [2.05, 4.69) is 25.9 Å². The number of nitrogens with zero attached hydrogens (tertiary/aromatic N) is 1. The molecule has 0 atom stereocenters. The first-order valence-electron chi connectivity index (χ1n) is 10.7. The van der Waals surface area contributed by atoms with Crippen molar-refractivity contribution in [3.8, 4) is 11.1 Å². The highest BCUT2D eigenvalue weighted by Gasteiger charge is 2.11. The van der Waals surface area contributed by atoms with Gasteiger partial charge in [-0.05, 0) is 55.3 Å². The van der Waals surface area contributed by atoms with Gasteiger partial charge in [0.1, 0.15) is 5.82 Å². The summed E-state index contributed by atoms with van der Waals surface area (Å²) in [5, 5.41) is 9.25. The fraction of sp³-hybridized carbons (Fsp3) is 0.261. The zero-order chi connectivity index (χ0) is 24.5. The number of anilines is 1. The number of nitrogens with two attached hydrogens (primary N) is 1. The molecule has 0 aliphatic carbocycles. The van der Waals surface area contributed by atoms with Gasteiger partial charge in [0.15, 0.2) is 0 Å². The third-order valence-electron chi connectivity index (χ3n) is 4.99. The molecule has 0 fully saturated rings. The standard InChI is InChI=1S/C23H25Cl2FN6O2/c24-18-3-1-4-19(25)16(18)7-10-29-23(34)32-22-30-13-17(21(33)31-22)14-5-6-15(20(26)11-14)12-28-9-2-8-27/h1,3-6,11,13,28H,2,7-10,12,27H2,(H3,29,30,31,32,33,34). The van der Waals surface area contributed by atoms with E-state index in [0.29, 0.717) is 47.2 Å². The van der Waals surface area contributed by atoms with E-state index < -0.39 is 17.4 Å². The SMILES string of the molecule is NCCCNCc1ccc(-c2cnc(NC(=O)NCCc3c(Cl)cccc3Cl)[nH]c2=O)cc1F. The predicted octanol–water partition coefficient (Wildman–Crippen LogP) is 3.69. The quantitative estimate of drug-likeness (QED) is 0.268. The van der Waals surface area contributed by atoms with Crippen LogP contribution in [0.15, 0.2) is 47.4 Å². The highest BCUT2D eigenvalue weighted by molar-refractivity contribution is 6.36. The highest BCUT2D eigenvalue weighted by Crippen LogP contribution is 2.24. The van der Waals surface area contributed by atoms with Crippen LogP contribution in [-0.2, 0) is 13.0 Å². The zero-order valence-electron chi connectivity index (χ0n) is 18.3. The summed E-state index contributed by atoms with van der Waals surface area (Å²) in [4.78, 5) is 31.2. The molecule has 0 radical (unpaired) electrons. The van der Waals surface area contributed by atoms with E-state index in [1.165, 1.54) is 12.3 Å². The van der Waals surface area contributed by atoms with Crippen molar-refractivity contribution in [2.45, 2.75) is 19.4 Å². The number of H-pyrrole nitrogens is 1. The van der Waals surface area contributed by atoms with Crippen LogP contribution in [0.25, 0.3) is 11.1 Å². The van der Waals surface area contributed by atoms with Crippen LogP contribution in [0.3, 0.4) is 0 Å². The smallest absolute Gasteiger partial charge is 0.321 e. The first-order chi connectivity index (χ1) is 16.4. The summed E-state index contributed by atoms with van der Waals surface area (Å²) >= 11 is 12.2. The summed E-state index contributed by atoms with van der Waals surface area (Å²) in [5.41, 5.74) is 6.70. The van der Waals surface area contributed by atoms with Crippen molar-refractivity contribution >= 4 is 35.2 Å². The van der Waals surface area contributed by atoms with E-state index in [9.17, 15) is 14.0 Å². The van der Waals surface area contributed by atoms with Crippen molar-refractivity contribution in [2.75, 3.05) is 25.0 Å². The van der Waals surface area contributed by atoms with Crippen LogP contribution in [-0.4, -0.2) is 35.6 Å². The van der Waals surface area contributed by atoms with Gasteiger partial charge in [0.25, 0.3) is 5.56 Å². The lowest BCUT2D eigenvalue weighted by atomic mass is 10.1. The lowest BCUT2D eigenvalue weighted by molar-refractivity contribution is 0.252. The molecule has 0 unspecified atom stereocenters. The molecule has 0 bridgehead atoms. The first kappa shape index (κ1) is 25.6. The number of carbonyl (C=O) groups is 1. The van der Waals surface area contributed by atoms with Crippen LogP contribution in [0.4, 0.5) is 15.1 Å². The number of benzene rings is 2. The highest BCUT2D eigenvalue weighted by atomic mass is 35.5. The van der Waals surface area contributed by atoms with Crippen LogP contribution in [0.5, 0.6) is 0 Å². The molecule has 1 aromatic heterocycles. The summed E-state index contributed by atoms with van der Waals surface area (Å²) in [6, 6.07) is 9.17. The van der Waals surface area contributed by atoms with Crippen LogP contribution < -0.4 is 27.2 Å². The predicted molar refractivity (Wildman–Crippen MR) is 133 cm³/mol. The van der Waals surface area contributed by atoms with Gasteiger partial charge in [-0.2, -0.15) is 0 Å². The fourth-order valence-electron chi connectivity index (χ4n) is 3.20.